The zero-order valence-corrected chi connectivity index (χ0v) is 14.0. The summed E-state index contributed by atoms with van der Waals surface area (Å²) in [6, 6.07) is 5.23. The number of piperidine rings is 1. The monoisotopic (exact) mass is 331 g/mol. The van der Waals surface area contributed by atoms with Gasteiger partial charge in [-0.05, 0) is 44.5 Å². The van der Waals surface area contributed by atoms with Crippen LogP contribution in [0.5, 0.6) is 0 Å². The fourth-order valence-corrected chi connectivity index (χ4v) is 4.38. The van der Waals surface area contributed by atoms with Crippen molar-refractivity contribution < 1.29 is 8.42 Å². The first-order valence-corrected chi connectivity index (χ1v) is 8.97. The standard InChI is InChI=1S/C14H22ClN3O2S/c1-11-13(15)7-5-8-14(11)17-21(19,20)18-9-4-3-6-12(18)10-16-2/h5,7-8,12,16-17H,3-4,6,9-10H2,1-2H3. The number of nitrogens with one attached hydrogen (secondary N) is 2. The number of benzene rings is 1. The van der Waals surface area contributed by atoms with Gasteiger partial charge in [0.1, 0.15) is 0 Å². The Kier molecular flexibility index (Phi) is 5.48. The summed E-state index contributed by atoms with van der Waals surface area (Å²) in [5.41, 5.74) is 1.28. The van der Waals surface area contributed by atoms with Crippen LogP contribution in [0, 0.1) is 6.92 Å². The van der Waals surface area contributed by atoms with Crippen LogP contribution in [0.25, 0.3) is 0 Å². The predicted octanol–water partition coefficient (Wildman–Crippen LogP) is 2.38. The van der Waals surface area contributed by atoms with Crippen molar-refractivity contribution in [3.8, 4) is 0 Å². The predicted molar refractivity (Wildman–Crippen MR) is 87.0 cm³/mol. The maximum absolute atomic E-state index is 12.6. The average molecular weight is 332 g/mol. The van der Waals surface area contributed by atoms with Crippen molar-refractivity contribution in [2.45, 2.75) is 32.2 Å². The first-order chi connectivity index (χ1) is 9.95. The van der Waals surface area contributed by atoms with Gasteiger partial charge in [-0.15, -0.1) is 0 Å². The van der Waals surface area contributed by atoms with Crippen molar-refractivity contribution in [2.24, 2.45) is 0 Å². The van der Waals surface area contributed by atoms with Crippen LogP contribution in [0.15, 0.2) is 18.2 Å². The Balaban J connectivity index is 2.22. The Labute approximate surface area is 131 Å². The Morgan fingerprint density at radius 2 is 2.14 bits per heavy atom. The highest BCUT2D eigenvalue weighted by molar-refractivity contribution is 7.90. The normalized spacial score (nSPS) is 20.4. The number of rotatable bonds is 5. The van der Waals surface area contributed by atoms with Crippen molar-refractivity contribution in [1.82, 2.24) is 9.62 Å². The molecule has 0 bridgehead atoms. The van der Waals surface area contributed by atoms with Gasteiger partial charge < -0.3 is 5.32 Å². The van der Waals surface area contributed by atoms with Crippen molar-refractivity contribution in [3.05, 3.63) is 28.8 Å². The largest absolute Gasteiger partial charge is 0.318 e. The van der Waals surface area contributed by atoms with E-state index in [4.69, 9.17) is 11.6 Å². The van der Waals surface area contributed by atoms with Gasteiger partial charge >= 0.3 is 10.2 Å². The van der Waals surface area contributed by atoms with Crippen molar-refractivity contribution in [2.75, 3.05) is 24.9 Å². The fraction of sp³-hybridized carbons (Fsp3) is 0.571. The lowest BCUT2D eigenvalue weighted by Crippen LogP contribution is -2.50. The molecule has 118 valence electrons. The molecule has 1 fully saturated rings. The molecule has 0 radical (unpaired) electrons. The summed E-state index contributed by atoms with van der Waals surface area (Å²) in [5, 5.41) is 3.62. The number of nitrogens with zero attached hydrogens (tertiary/aromatic N) is 1. The Morgan fingerprint density at radius 3 is 2.86 bits per heavy atom. The summed E-state index contributed by atoms with van der Waals surface area (Å²) in [6.07, 6.45) is 2.85. The molecule has 1 unspecified atom stereocenters. The lowest BCUT2D eigenvalue weighted by Gasteiger charge is -2.34. The molecule has 21 heavy (non-hydrogen) atoms. The summed E-state index contributed by atoms with van der Waals surface area (Å²) >= 11 is 6.05. The molecule has 1 saturated heterocycles. The highest BCUT2D eigenvalue weighted by Crippen LogP contribution is 2.26. The molecule has 1 aromatic rings. The van der Waals surface area contributed by atoms with Gasteiger partial charge in [-0.2, -0.15) is 12.7 Å². The number of likely N-dealkylation sites (N-methyl/N-ethyl adjacent to an activating group) is 1. The smallest absolute Gasteiger partial charge is 0.301 e. The lowest BCUT2D eigenvalue weighted by molar-refractivity contribution is 0.250. The molecule has 1 aliphatic heterocycles. The first-order valence-electron chi connectivity index (χ1n) is 7.15. The molecule has 0 amide bonds. The van der Waals surface area contributed by atoms with Gasteiger partial charge in [0.25, 0.3) is 0 Å². The van der Waals surface area contributed by atoms with E-state index in [-0.39, 0.29) is 6.04 Å². The summed E-state index contributed by atoms with van der Waals surface area (Å²) in [5.74, 6) is 0. The molecular formula is C14H22ClN3O2S. The number of halogens is 1. The van der Waals surface area contributed by atoms with Crippen LogP contribution in [0.4, 0.5) is 5.69 Å². The molecule has 2 N–H and O–H groups in total. The lowest BCUT2D eigenvalue weighted by atomic mass is 10.1. The number of hydrogen-bond donors (Lipinski definition) is 2. The van der Waals surface area contributed by atoms with E-state index in [2.05, 4.69) is 10.0 Å². The second-order valence-electron chi connectivity index (χ2n) is 5.34. The molecule has 0 aromatic heterocycles. The van der Waals surface area contributed by atoms with Crippen LogP contribution in [0.1, 0.15) is 24.8 Å². The van der Waals surface area contributed by atoms with Gasteiger partial charge in [0, 0.05) is 24.2 Å². The SMILES string of the molecule is CNCC1CCCCN1S(=O)(=O)Nc1cccc(Cl)c1C. The number of anilines is 1. The molecule has 7 heteroatoms. The van der Waals surface area contributed by atoms with Crippen molar-refractivity contribution >= 4 is 27.5 Å². The minimum Gasteiger partial charge on any atom is -0.318 e. The van der Waals surface area contributed by atoms with Crippen molar-refractivity contribution in [3.63, 3.8) is 0 Å². The van der Waals surface area contributed by atoms with E-state index in [9.17, 15) is 8.42 Å². The Hall–Kier alpha value is -0.820. The molecule has 5 nitrogen and oxygen atoms in total. The Bertz CT molecular complexity index is 590. The van der Waals surface area contributed by atoms with E-state index in [1.807, 2.05) is 14.0 Å². The first kappa shape index (κ1) is 16.5. The van der Waals surface area contributed by atoms with Crippen LogP contribution >= 0.6 is 11.6 Å². The van der Waals surface area contributed by atoms with E-state index in [0.29, 0.717) is 23.8 Å². The maximum Gasteiger partial charge on any atom is 0.301 e. The number of hydrogen-bond acceptors (Lipinski definition) is 3. The van der Waals surface area contributed by atoms with E-state index >= 15 is 0 Å². The summed E-state index contributed by atoms with van der Waals surface area (Å²) < 4.78 is 29.5. The van der Waals surface area contributed by atoms with Gasteiger partial charge in [0.05, 0.1) is 5.69 Å². The van der Waals surface area contributed by atoms with E-state index in [1.165, 1.54) is 0 Å². The molecule has 2 rings (SSSR count). The average Bonchev–Trinajstić information content (AvgIpc) is 2.44. The van der Waals surface area contributed by atoms with Crippen LogP contribution < -0.4 is 10.0 Å². The molecule has 1 atom stereocenters. The third kappa shape index (κ3) is 3.88. The van der Waals surface area contributed by atoms with Gasteiger partial charge in [-0.25, -0.2) is 0 Å². The molecule has 0 saturated carbocycles. The van der Waals surface area contributed by atoms with E-state index in [0.717, 1.165) is 24.8 Å². The van der Waals surface area contributed by atoms with E-state index in [1.54, 1.807) is 22.5 Å². The fourth-order valence-electron chi connectivity index (χ4n) is 2.65. The molecule has 1 aromatic carbocycles. The summed E-state index contributed by atoms with van der Waals surface area (Å²) in [4.78, 5) is 0. The third-order valence-electron chi connectivity index (χ3n) is 3.83. The van der Waals surface area contributed by atoms with Gasteiger partial charge in [-0.3, -0.25) is 4.72 Å². The van der Waals surface area contributed by atoms with Crippen molar-refractivity contribution in [1.29, 1.82) is 0 Å². The van der Waals surface area contributed by atoms with Crippen LogP contribution in [0.2, 0.25) is 5.02 Å². The summed E-state index contributed by atoms with van der Waals surface area (Å²) in [7, 11) is -1.72. The minimum absolute atomic E-state index is 0.000685. The highest BCUT2D eigenvalue weighted by atomic mass is 35.5. The van der Waals surface area contributed by atoms with Gasteiger partial charge in [0.2, 0.25) is 0 Å². The third-order valence-corrected chi connectivity index (χ3v) is 5.81. The zero-order valence-electron chi connectivity index (χ0n) is 12.4. The Morgan fingerprint density at radius 1 is 1.38 bits per heavy atom. The molecular weight excluding hydrogens is 310 g/mol. The van der Waals surface area contributed by atoms with E-state index < -0.39 is 10.2 Å². The molecule has 0 aliphatic carbocycles. The molecule has 1 heterocycles. The minimum atomic E-state index is -3.56. The summed E-state index contributed by atoms with van der Waals surface area (Å²) in [6.45, 7) is 3.03. The van der Waals surface area contributed by atoms with Crippen LogP contribution in [0.3, 0.4) is 0 Å². The second kappa shape index (κ2) is 6.96. The van der Waals surface area contributed by atoms with Crippen LogP contribution in [-0.2, 0) is 10.2 Å². The topological polar surface area (TPSA) is 61.4 Å². The van der Waals surface area contributed by atoms with Crippen LogP contribution in [-0.4, -0.2) is 38.9 Å². The second-order valence-corrected chi connectivity index (χ2v) is 7.37. The zero-order chi connectivity index (χ0) is 15.5. The highest BCUT2D eigenvalue weighted by Gasteiger charge is 2.32. The van der Waals surface area contributed by atoms with Gasteiger partial charge in [0.15, 0.2) is 0 Å². The van der Waals surface area contributed by atoms with Gasteiger partial charge in [-0.1, -0.05) is 24.1 Å². The maximum atomic E-state index is 12.6. The molecule has 0 spiro atoms. The quantitative estimate of drug-likeness (QED) is 0.870. The molecule has 1 aliphatic rings.